The summed E-state index contributed by atoms with van der Waals surface area (Å²) in [4.78, 5) is 16.9. The Bertz CT molecular complexity index is 469. The van der Waals surface area contributed by atoms with Crippen LogP contribution in [0.2, 0.25) is 5.15 Å². The van der Waals surface area contributed by atoms with E-state index < -0.39 is 4.92 Å². The van der Waals surface area contributed by atoms with Gasteiger partial charge in [-0.05, 0) is 32.0 Å². The first-order valence-electron chi connectivity index (χ1n) is 6.40. The normalized spacial score (nSPS) is 20.2. The maximum absolute atomic E-state index is 11.0. The van der Waals surface area contributed by atoms with Crippen LogP contribution >= 0.6 is 11.6 Å². The first kappa shape index (κ1) is 14.0. The van der Waals surface area contributed by atoms with Crippen molar-refractivity contribution in [3.05, 3.63) is 27.4 Å². The van der Waals surface area contributed by atoms with Crippen LogP contribution in [0.1, 0.15) is 19.8 Å². The van der Waals surface area contributed by atoms with E-state index >= 15 is 0 Å². The van der Waals surface area contributed by atoms with E-state index in [0.717, 1.165) is 32.5 Å². The molecule has 2 heterocycles. The lowest BCUT2D eigenvalue weighted by Crippen LogP contribution is -2.42. The molecule has 0 aliphatic carbocycles. The van der Waals surface area contributed by atoms with Crippen molar-refractivity contribution in [3.8, 4) is 0 Å². The SMILES string of the molecule is CCN1CCCC(Nc2nc(Cl)ccc2[N+](=O)[O-])C1. The molecule has 1 aliphatic rings. The Balaban J connectivity index is 2.13. The Morgan fingerprint density at radius 1 is 1.63 bits per heavy atom. The highest BCUT2D eigenvalue weighted by molar-refractivity contribution is 6.29. The number of pyridine rings is 1. The Hall–Kier alpha value is -1.40. The third kappa shape index (κ3) is 3.54. The summed E-state index contributed by atoms with van der Waals surface area (Å²) in [7, 11) is 0. The molecule has 1 aromatic rings. The fraction of sp³-hybridized carbons (Fsp3) is 0.583. The van der Waals surface area contributed by atoms with Crippen LogP contribution in [0.25, 0.3) is 0 Å². The summed E-state index contributed by atoms with van der Waals surface area (Å²) in [6, 6.07) is 3.00. The van der Waals surface area contributed by atoms with Crippen LogP contribution in [0.5, 0.6) is 0 Å². The molecule has 0 amide bonds. The van der Waals surface area contributed by atoms with E-state index in [9.17, 15) is 10.1 Å². The van der Waals surface area contributed by atoms with E-state index in [0.29, 0.717) is 0 Å². The van der Waals surface area contributed by atoms with E-state index in [1.54, 1.807) is 0 Å². The molecule has 2 rings (SSSR count). The third-order valence-corrected chi connectivity index (χ3v) is 3.54. The van der Waals surface area contributed by atoms with Gasteiger partial charge in [0.15, 0.2) is 0 Å². The van der Waals surface area contributed by atoms with Gasteiger partial charge in [-0.1, -0.05) is 18.5 Å². The van der Waals surface area contributed by atoms with Gasteiger partial charge >= 0.3 is 5.69 Å². The lowest BCUT2D eigenvalue weighted by Gasteiger charge is -2.32. The van der Waals surface area contributed by atoms with Crippen molar-refractivity contribution in [2.45, 2.75) is 25.8 Å². The van der Waals surface area contributed by atoms with Crippen molar-refractivity contribution in [3.63, 3.8) is 0 Å². The van der Waals surface area contributed by atoms with Crippen molar-refractivity contribution in [2.24, 2.45) is 0 Å². The van der Waals surface area contributed by atoms with Gasteiger partial charge in [0, 0.05) is 18.7 Å². The quantitative estimate of drug-likeness (QED) is 0.523. The number of hydrogen-bond donors (Lipinski definition) is 1. The van der Waals surface area contributed by atoms with Gasteiger partial charge < -0.3 is 10.2 Å². The molecule has 19 heavy (non-hydrogen) atoms. The standard InChI is InChI=1S/C12H17ClN4O2/c1-2-16-7-3-4-9(8-16)14-12-10(17(18)19)5-6-11(13)15-12/h5-6,9H,2-4,7-8H2,1H3,(H,14,15). The molecule has 0 bridgehead atoms. The molecule has 6 nitrogen and oxygen atoms in total. The van der Waals surface area contributed by atoms with Crippen molar-refractivity contribution >= 4 is 23.1 Å². The number of likely N-dealkylation sites (N-methyl/N-ethyl adjacent to an activating group) is 1. The van der Waals surface area contributed by atoms with Crippen LogP contribution in [0.3, 0.4) is 0 Å². The molecule has 0 spiro atoms. The van der Waals surface area contributed by atoms with Gasteiger partial charge in [0.05, 0.1) is 4.92 Å². The number of nitrogens with zero attached hydrogens (tertiary/aromatic N) is 3. The van der Waals surface area contributed by atoms with Gasteiger partial charge in [-0.15, -0.1) is 0 Å². The minimum Gasteiger partial charge on any atom is -0.360 e. The second-order valence-corrected chi connectivity index (χ2v) is 5.02. The summed E-state index contributed by atoms with van der Waals surface area (Å²) < 4.78 is 0. The number of hydrogen-bond acceptors (Lipinski definition) is 5. The van der Waals surface area contributed by atoms with E-state index in [4.69, 9.17) is 11.6 Å². The molecule has 1 N–H and O–H groups in total. The molecule has 1 atom stereocenters. The van der Waals surface area contributed by atoms with Gasteiger partial charge in [0.2, 0.25) is 5.82 Å². The fourth-order valence-corrected chi connectivity index (χ4v) is 2.48. The van der Waals surface area contributed by atoms with Gasteiger partial charge in [-0.2, -0.15) is 0 Å². The molecule has 1 saturated heterocycles. The Kier molecular flexibility index (Phi) is 4.55. The first-order valence-corrected chi connectivity index (χ1v) is 6.77. The number of anilines is 1. The highest BCUT2D eigenvalue weighted by atomic mass is 35.5. The highest BCUT2D eigenvalue weighted by Gasteiger charge is 2.23. The van der Waals surface area contributed by atoms with Crippen molar-refractivity contribution in [2.75, 3.05) is 25.0 Å². The largest absolute Gasteiger partial charge is 0.360 e. The summed E-state index contributed by atoms with van der Waals surface area (Å²) in [5, 5.41) is 14.4. The first-order chi connectivity index (χ1) is 9.10. The number of aromatic nitrogens is 1. The zero-order valence-electron chi connectivity index (χ0n) is 10.8. The second-order valence-electron chi connectivity index (χ2n) is 4.64. The van der Waals surface area contributed by atoms with Crippen LogP contribution in [-0.4, -0.2) is 40.5 Å². The van der Waals surface area contributed by atoms with Crippen molar-refractivity contribution in [1.29, 1.82) is 0 Å². The number of nitro groups is 1. The second kappa shape index (κ2) is 6.16. The minimum absolute atomic E-state index is 0.0296. The van der Waals surface area contributed by atoms with Crippen LogP contribution in [0.15, 0.2) is 12.1 Å². The number of likely N-dealkylation sites (tertiary alicyclic amines) is 1. The molecule has 1 unspecified atom stereocenters. The van der Waals surface area contributed by atoms with Crippen LogP contribution in [0.4, 0.5) is 11.5 Å². The predicted molar refractivity (Wildman–Crippen MR) is 74.7 cm³/mol. The topological polar surface area (TPSA) is 71.3 Å². The molecule has 0 radical (unpaired) electrons. The average molecular weight is 285 g/mol. The number of halogens is 1. The molecular formula is C12H17ClN4O2. The Morgan fingerprint density at radius 3 is 3.11 bits per heavy atom. The number of piperidine rings is 1. The van der Waals surface area contributed by atoms with E-state index in [1.807, 2.05) is 0 Å². The molecule has 104 valence electrons. The zero-order valence-corrected chi connectivity index (χ0v) is 11.6. The summed E-state index contributed by atoms with van der Waals surface area (Å²) >= 11 is 5.81. The molecule has 0 aromatic carbocycles. The molecule has 1 fully saturated rings. The van der Waals surface area contributed by atoms with Crippen LogP contribution in [-0.2, 0) is 0 Å². The smallest absolute Gasteiger partial charge is 0.311 e. The maximum atomic E-state index is 11.0. The Morgan fingerprint density at radius 2 is 2.42 bits per heavy atom. The van der Waals surface area contributed by atoms with E-state index in [2.05, 4.69) is 22.1 Å². The molecule has 0 saturated carbocycles. The van der Waals surface area contributed by atoms with E-state index in [-0.39, 0.29) is 22.7 Å². The monoisotopic (exact) mass is 284 g/mol. The maximum Gasteiger partial charge on any atom is 0.311 e. The highest BCUT2D eigenvalue weighted by Crippen LogP contribution is 2.26. The predicted octanol–water partition coefficient (Wildman–Crippen LogP) is 2.54. The number of nitrogens with one attached hydrogen (secondary N) is 1. The summed E-state index contributed by atoms with van der Waals surface area (Å²) in [6.45, 7) is 5.06. The summed E-state index contributed by atoms with van der Waals surface area (Å²) in [5.74, 6) is 0.264. The van der Waals surface area contributed by atoms with E-state index in [1.165, 1.54) is 12.1 Å². The molecule has 1 aliphatic heterocycles. The lowest BCUT2D eigenvalue weighted by molar-refractivity contribution is -0.384. The van der Waals surface area contributed by atoms with Gasteiger partial charge in [0.25, 0.3) is 0 Å². The summed E-state index contributed by atoms with van der Waals surface area (Å²) in [6.07, 6.45) is 2.07. The fourth-order valence-electron chi connectivity index (χ4n) is 2.34. The van der Waals surface area contributed by atoms with Gasteiger partial charge in [0.1, 0.15) is 5.15 Å². The molecule has 7 heteroatoms. The zero-order chi connectivity index (χ0) is 13.8. The molecule has 1 aromatic heterocycles. The van der Waals surface area contributed by atoms with Crippen LogP contribution < -0.4 is 5.32 Å². The van der Waals surface area contributed by atoms with Crippen molar-refractivity contribution in [1.82, 2.24) is 9.88 Å². The van der Waals surface area contributed by atoms with Gasteiger partial charge in [-0.25, -0.2) is 4.98 Å². The summed E-state index contributed by atoms with van der Waals surface area (Å²) in [5.41, 5.74) is -0.0296. The van der Waals surface area contributed by atoms with Crippen molar-refractivity contribution < 1.29 is 4.92 Å². The third-order valence-electron chi connectivity index (χ3n) is 3.33. The average Bonchev–Trinajstić information content (AvgIpc) is 2.38. The lowest BCUT2D eigenvalue weighted by atomic mass is 10.1. The van der Waals surface area contributed by atoms with Crippen LogP contribution in [0, 0.1) is 10.1 Å². The number of rotatable bonds is 4. The Labute approximate surface area is 116 Å². The minimum atomic E-state index is -0.438. The molecular weight excluding hydrogens is 268 g/mol. The van der Waals surface area contributed by atoms with Gasteiger partial charge in [-0.3, -0.25) is 10.1 Å².